The molecule has 1 unspecified atom stereocenters. The number of fused-ring (bicyclic) bond motifs is 2. The van der Waals surface area contributed by atoms with Gasteiger partial charge in [-0.15, -0.1) is 0 Å². The van der Waals surface area contributed by atoms with Crippen molar-refractivity contribution in [3.63, 3.8) is 0 Å². The van der Waals surface area contributed by atoms with E-state index < -0.39 is 6.04 Å². The van der Waals surface area contributed by atoms with E-state index in [1.807, 2.05) is 13.0 Å². The van der Waals surface area contributed by atoms with Crippen molar-refractivity contribution in [3.05, 3.63) is 69.1 Å². The molecule has 1 atom stereocenters. The first-order valence-electron chi connectivity index (χ1n) is 11.5. The van der Waals surface area contributed by atoms with Crippen LogP contribution in [0.4, 0.5) is 0 Å². The standard InChI is InChI=1S/C26H28N2O6/c1-16-4-7-20-18(14-16)24(30)22-23(17-5-6-19(29)21(15-17)32-2)28(26(31)25(22)34-20)9-3-8-27-10-12-33-13-11-27/h4-7,14-15,23,29H,3,8-13H2,1-2H3. The lowest BCUT2D eigenvalue weighted by molar-refractivity contribution is 0.0353. The Labute approximate surface area is 197 Å². The molecule has 178 valence electrons. The van der Waals surface area contributed by atoms with Crippen LogP contribution in [0.5, 0.6) is 11.5 Å². The zero-order valence-electron chi connectivity index (χ0n) is 19.4. The zero-order valence-corrected chi connectivity index (χ0v) is 19.4. The van der Waals surface area contributed by atoms with Gasteiger partial charge in [-0.05, 0) is 43.2 Å². The van der Waals surface area contributed by atoms with Crippen LogP contribution in [0, 0.1) is 6.92 Å². The van der Waals surface area contributed by atoms with Crippen molar-refractivity contribution in [1.82, 2.24) is 9.80 Å². The third-order valence-electron chi connectivity index (χ3n) is 6.62. The van der Waals surface area contributed by atoms with Gasteiger partial charge >= 0.3 is 0 Å². The van der Waals surface area contributed by atoms with E-state index in [1.54, 1.807) is 29.2 Å². The quantitative estimate of drug-likeness (QED) is 0.599. The molecular formula is C26H28N2O6. The van der Waals surface area contributed by atoms with Gasteiger partial charge < -0.3 is 23.9 Å². The SMILES string of the molecule is COc1cc(C2c3c(oc4ccc(C)cc4c3=O)C(=O)N2CCCN2CCOCC2)ccc1O. The lowest BCUT2D eigenvalue weighted by Crippen LogP contribution is -2.38. The van der Waals surface area contributed by atoms with Crippen molar-refractivity contribution in [2.45, 2.75) is 19.4 Å². The summed E-state index contributed by atoms with van der Waals surface area (Å²) in [6, 6.07) is 9.69. The molecule has 0 radical (unpaired) electrons. The first-order valence-corrected chi connectivity index (χ1v) is 11.5. The van der Waals surface area contributed by atoms with E-state index in [9.17, 15) is 14.7 Å². The smallest absolute Gasteiger partial charge is 0.290 e. The molecule has 0 bridgehead atoms. The fourth-order valence-electron chi connectivity index (χ4n) is 4.87. The summed E-state index contributed by atoms with van der Waals surface area (Å²) >= 11 is 0. The average Bonchev–Trinajstić information content (AvgIpc) is 3.12. The Hall–Kier alpha value is -3.36. The number of carbonyl (C=O) groups is 1. The third kappa shape index (κ3) is 3.93. The first-order chi connectivity index (χ1) is 16.5. The van der Waals surface area contributed by atoms with E-state index in [0.717, 1.165) is 31.6 Å². The van der Waals surface area contributed by atoms with Crippen LogP contribution in [0.25, 0.3) is 11.0 Å². The molecule has 2 aliphatic rings. The molecule has 3 heterocycles. The Morgan fingerprint density at radius 1 is 1.09 bits per heavy atom. The summed E-state index contributed by atoms with van der Waals surface area (Å²) in [5, 5.41) is 10.6. The summed E-state index contributed by atoms with van der Waals surface area (Å²) in [5.41, 5.74) is 2.16. The van der Waals surface area contributed by atoms with Crippen molar-refractivity contribution in [2.75, 3.05) is 46.5 Å². The molecule has 8 heteroatoms. The van der Waals surface area contributed by atoms with Gasteiger partial charge in [0.05, 0.1) is 37.3 Å². The van der Waals surface area contributed by atoms with Crippen LogP contribution in [0.3, 0.4) is 0 Å². The topological polar surface area (TPSA) is 92.5 Å². The summed E-state index contributed by atoms with van der Waals surface area (Å²) < 4.78 is 16.7. The number of morpholine rings is 1. The number of phenolic OH excluding ortho intramolecular Hbond substituents is 1. The number of hydrogen-bond donors (Lipinski definition) is 1. The minimum absolute atomic E-state index is 0.00386. The van der Waals surface area contributed by atoms with Crippen molar-refractivity contribution in [1.29, 1.82) is 0 Å². The van der Waals surface area contributed by atoms with Crippen LogP contribution in [-0.2, 0) is 4.74 Å². The Morgan fingerprint density at radius 3 is 2.65 bits per heavy atom. The van der Waals surface area contributed by atoms with E-state index in [-0.39, 0.29) is 28.6 Å². The second-order valence-electron chi connectivity index (χ2n) is 8.81. The second-order valence-corrected chi connectivity index (χ2v) is 8.81. The number of hydrogen-bond acceptors (Lipinski definition) is 7. The summed E-state index contributed by atoms with van der Waals surface area (Å²) in [4.78, 5) is 31.2. The minimum atomic E-state index is -0.622. The molecule has 2 aromatic carbocycles. The number of rotatable bonds is 6. The lowest BCUT2D eigenvalue weighted by atomic mass is 9.97. The number of methoxy groups -OCH3 is 1. The number of carbonyl (C=O) groups excluding carboxylic acids is 1. The van der Waals surface area contributed by atoms with Crippen LogP contribution in [0.2, 0.25) is 0 Å². The number of nitrogens with zero attached hydrogens (tertiary/aromatic N) is 2. The van der Waals surface area contributed by atoms with Crippen molar-refractivity contribution < 1.29 is 23.8 Å². The van der Waals surface area contributed by atoms with E-state index in [2.05, 4.69) is 4.90 Å². The van der Waals surface area contributed by atoms with Crippen LogP contribution in [0.1, 0.15) is 39.7 Å². The molecule has 0 aliphatic carbocycles. The number of aromatic hydroxyl groups is 1. The van der Waals surface area contributed by atoms with Crippen LogP contribution in [0.15, 0.2) is 45.6 Å². The molecule has 1 fully saturated rings. The largest absolute Gasteiger partial charge is 0.504 e. The first kappa shape index (κ1) is 22.4. The van der Waals surface area contributed by atoms with Crippen molar-refractivity contribution >= 4 is 16.9 Å². The van der Waals surface area contributed by atoms with Gasteiger partial charge in [-0.25, -0.2) is 0 Å². The Kier molecular flexibility index (Phi) is 6.02. The predicted molar refractivity (Wildman–Crippen MR) is 127 cm³/mol. The summed E-state index contributed by atoms with van der Waals surface area (Å²) in [5.74, 6) is 0.0712. The highest BCUT2D eigenvalue weighted by Gasteiger charge is 2.42. The number of phenols is 1. The molecular weight excluding hydrogens is 436 g/mol. The highest BCUT2D eigenvalue weighted by molar-refractivity contribution is 5.99. The molecule has 1 amide bonds. The van der Waals surface area contributed by atoms with Gasteiger partial charge in [0.25, 0.3) is 5.91 Å². The van der Waals surface area contributed by atoms with E-state index in [1.165, 1.54) is 13.2 Å². The van der Waals surface area contributed by atoms with Crippen LogP contribution in [-0.4, -0.2) is 67.3 Å². The number of aryl methyl sites for hydroxylation is 1. The van der Waals surface area contributed by atoms with E-state index in [4.69, 9.17) is 13.9 Å². The minimum Gasteiger partial charge on any atom is -0.504 e. The zero-order chi connectivity index (χ0) is 23.8. The van der Waals surface area contributed by atoms with Crippen molar-refractivity contribution in [3.8, 4) is 11.5 Å². The van der Waals surface area contributed by atoms with Gasteiger partial charge in [0.15, 0.2) is 16.9 Å². The normalized spacial score (nSPS) is 18.5. The van der Waals surface area contributed by atoms with Gasteiger partial charge in [0.1, 0.15) is 5.58 Å². The van der Waals surface area contributed by atoms with E-state index >= 15 is 0 Å². The maximum Gasteiger partial charge on any atom is 0.290 e. The molecule has 34 heavy (non-hydrogen) atoms. The molecule has 0 spiro atoms. The predicted octanol–water partition coefficient (Wildman–Crippen LogP) is 3.08. The van der Waals surface area contributed by atoms with Crippen LogP contribution >= 0.6 is 0 Å². The van der Waals surface area contributed by atoms with Gasteiger partial charge in [0.2, 0.25) is 5.76 Å². The number of benzene rings is 2. The van der Waals surface area contributed by atoms with Gasteiger partial charge in [0, 0.05) is 26.2 Å². The fraction of sp³-hybridized carbons (Fsp3) is 0.385. The van der Waals surface area contributed by atoms with Crippen LogP contribution < -0.4 is 10.2 Å². The highest BCUT2D eigenvalue weighted by atomic mass is 16.5. The average molecular weight is 465 g/mol. The number of ether oxygens (including phenoxy) is 2. The highest BCUT2D eigenvalue weighted by Crippen LogP contribution is 2.40. The monoisotopic (exact) mass is 464 g/mol. The second kappa shape index (κ2) is 9.12. The van der Waals surface area contributed by atoms with Gasteiger partial charge in [-0.1, -0.05) is 17.7 Å². The third-order valence-corrected chi connectivity index (χ3v) is 6.62. The number of amides is 1. The Morgan fingerprint density at radius 2 is 1.88 bits per heavy atom. The Balaban J connectivity index is 1.56. The summed E-state index contributed by atoms with van der Waals surface area (Å²) in [6.45, 7) is 6.39. The lowest BCUT2D eigenvalue weighted by Gasteiger charge is -2.29. The molecule has 3 aromatic rings. The molecule has 8 nitrogen and oxygen atoms in total. The maximum atomic E-state index is 13.6. The Bertz CT molecular complexity index is 1290. The molecule has 1 N–H and O–H groups in total. The molecule has 1 saturated heterocycles. The maximum absolute atomic E-state index is 13.6. The molecule has 1 aromatic heterocycles. The van der Waals surface area contributed by atoms with Crippen molar-refractivity contribution in [2.24, 2.45) is 0 Å². The molecule has 2 aliphatic heterocycles. The van der Waals surface area contributed by atoms with Gasteiger partial charge in [-0.3, -0.25) is 14.5 Å². The fourth-order valence-corrected chi connectivity index (χ4v) is 4.87. The summed E-state index contributed by atoms with van der Waals surface area (Å²) in [6.07, 6.45) is 0.748. The molecule has 0 saturated carbocycles. The van der Waals surface area contributed by atoms with E-state index in [0.29, 0.717) is 41.9 Å². The molecule has 5 rings (SSSR count). The summed E-state index contributed by atoms with van der Waals surface area (Å²) in [7, 11) is 1.47. The van der Waals surface area contributed by atoms with Gasteiger partial charge in [-0.2, -0.15) is 0 Å².